The maximum Gasteiger partial charge on any atom is 0.414 e. The topological polar surface area (TPSA) is 88.2 Å². The van der Waals surface area contributed by atoms with E-state index in [1.807, 2.05) is 13.8 Å². The third-order valence-electron chi connectivity index (χ3n) is 4.34. The first kappa shape index (κ1) is 18.0. The molecule has 2 heterocycles. The van der Waals surface area contributed by atoms with Crippen molar-refractivity contribution in [1.29, 1.82) is 0 Å². The van der Waals surface area contributed by atoms with E-state index in [-0.39, 0.29) is 37.1 Å². The van der Waals surface area contributed by atoms with Crippen molar-refractivity contribution in [2.45, 2.75) is 32.4 Å². The highest BCUT2D eigenvalue weighted by Gasteiger charge is 2.36. The van der Waals surface area contributed by atoms with E-state index < -0.39 is 24.1 Å². The Hall–Kier alpha value is -2.84. The number of rotatable bonds is 4. The molecule has 0 radical (unpaired) electrons. The average Bonchev–Trinajstić information content (AvgIpc) is 3.11. The lowest BCUT2D eigenvalue weighted by molar-refractivity contribution is -0.117. The minimum atomic E-state index is -0.633. The van der Waals surface area contributed by atoms with E-state index >= 15 is 0 Å². The molecule has 26 heavy (non-hydrogen) atoms. The lowest BCUT2D eigenvalue weighted by Gasteiger charge is -2.23. The Labute approximate surface area is 149 Å². The van der Waals surface area contributed by atoms with Gasteiger partial charge in [-0.1, -0.05) is 0 Å². The largest absolute Gasteiger partial charge is 0.453 e. The van der Waals surface area contributed by atoms with E-state index in [0.29, 0.717) is 11.3 Å². The summed E-state index contributed by atoms with van der Waals surface area (Å²) in [5, 5.41) is 2.45. The molecule has 0 bridgehead atoms. The summed E-state index contributed by atoms with van der Waals surface area (Å²) >= 11 is 0. The molecule has 2 aliphatic heterocycles. The van der Waals surface area contributed by atoms with Gasteiger partial charge in [-0.25, -0.2) is 14.0 Å². The van der Waals surface area contributed by atoms with Crippen LogP contribution in [-0.4, -0.2) is 50.4 Å². The van der Waals surface area contributed by atoms with Crippen molar-refractivity contribution in [1.82, 2.24) is 5.32 Å². The normalized spacial score (nSPS) is 19.0. The number of anilines is 2. The van der Waals surface area contributed by atoms with Crippen molar-refractivity contribution in [2.24, 2.45) is 0 Å². The van der Waals surface area contributed by atoms with E-state index in [1.165, 1.54) is 23.0 Å². The third kappa shape index (κ3) is 3.16. The maximum absolute atomic E-state index is 14.7. The van der Waals surface area contributed by atoms with Crippen molar-refractivity contribution in [2.75, 3.05) is 30.0 Å². The number of benzene rings is 1. The molecule has 1 aromatic carbocycles. The molecule has 3 amide bonds. The quantitative estimate of drug-likeness (QED) is 0.879. The summed E-state index contributed by atoms with van der Waals surface area (Å²) in [4.78, 5) is 38.1. The van der Waals surface area contributed by atoms with E-state index in [9.17, 15) is 18.8 Å². The smallest absolute Gasteiger partial charge is 0.414 e. The molecule has 0 unspecified atom stereocenters. The van der Waals surface area contributed by atoms with Crippen LogP contribution in [0.5, 0.6) is 0 Å². The Morgan fingerprint density at radius 1 is 1.42 bits per heavy atom. The molecule has 0 aliphatic carbocycles. The molecular weight excluding hydrogens is 345 g/mol. The summed E-state index contributed by atoms with van der Waals surface area (Å²) in [6.07, 6.45) is -1.75. The number of hydrogen-bond donors (Lipinski definition) is 1. The second-order valence-electron chi connectivity index (χ2n) is 6.46. The van der Waals surface area contributed by atoms with Crippen LogP contribution in [0.15, 0.2) is 12.1 Å². The van der Waals surface area contributed by atoms with Crippen molar-refractivity contribution >= 4 is 29.5 Å². The molecule has 2 aliphatic rings. The Morgan fingerprint density at radius 3 is 2.81 bits per heavy atom. The van der Waals surface area contributed by atoms with Crippen LogP contribution in [0.2, 0.25) is 0 Å². The fraction of sp³-hybridized carbons (Fsp3) is 0.471. The van der Waals surface area contributed by atoms with E-state index in [0.717, 1.165) is 0 Å². The third-order valence-corrected chi connectivity index (χ3v) is 4.34. The molecule has 1 N–H and O–H groups in total. The van der Waals surface area contributed by atoms with Crippen LogP contribution in [-0.2, 0) is 20.7 Å². The molecule has 1 aromatic rings. The van der Waals surface area contributed by atoms with Gasteiger partial charge in [0.1, 0.15) is 11.9 Å². The highest BCUT2D eigenvalue weighted by Crippen LogP contribution is 2.37. The van der Waals surface area contributed by atoms with Gasteiger partial charge in [0.25, 0.3) is 0 Å². The van der Waals surface area contributed by atoms with E-state index in [2.05, 4.69) is 10.1 Å². The lowest BCUT2D eigenvalue weighted by atomic mass is 10.1. The van der Waals surface area contributed by atoms with Gasteiger partial charge in [-0.3, -0.25) is 9.69 Å². The van der Waals surface area contributed by atoms with Gasteiger partial charge in [0.15, 0.2) is 0 Å². The molecule has 1 fully saturated rings. The van der Waals surface area contributed by atoms with Crippen molar-refractivity contribution < 1.29 is 28.2 Å². The number of fused-ring (bicyclic) bond motifs is 1. The fourth-order valence-corrected chi connectivity index (χ4v) is 3.23. The highest BCUT2D eigenvalue weighted by atomic mass is 19.1. The van der Waals surface area contributed by atoms with Crippen molar-refractivity contribution in [3.8, 4) is 0 Å². The number of carbonyl (C=O) groups is 3. The monoisotopic (exact) mass is 365 g/mol. The molecule has 1 atom stereocenters. The predicted molar refractivity (Wildman–Crippen MR) is 90.7 cm³/mol. The number of amides is 3. The molecule has 8 nitrogen and oxygen atoms in total. The van der Waals surface area contributed by atoms with Gasteiger partial charge in [0.05, 0.1) is 38.0 Å². The summed E-state index contributed by atoms with van der Waals surface area (Å²) in [6, 6.07) is 2.70. The number of nitrogens with zero attached hydrogens (tertiary/aromatic N) is 2. The Morgan fingerprint density at radius 2 is 2.15 bits per heavy atom. The minimum Gasteiger partial charge on any atom is -0.453 e. The number of cyclic esters (lactones) is 1. The molecule has 0 saturated carbocycles. The average molecular weight is 365 g/mol. The molecule has 0 aromatic heterocycles. The molecule has 9 heteroatoms. The van der Waals surface area contributed by atoms with Crippen LogP contribution >= 0.6 is 0 Å². The van der Waals surface area contributed by atoms with E-state index in [4.69, 9.17) is 4.74 Å². The molecule has 0 spiro atoms. The zero-order valence-electron chi connectivity index (χ0n) is 14.7. The van der Waals surface area contributed by atoms with Gasteiger partial charge in [-0.05, 0) is 31.5 Å². The number of nitrogens with one attached hydrogen (secondary N) is 1. The maximum atomic E-state index is 14.7. The Balaban J connectivity index is 1.80. The van der Waals surface area contributed by atoms with Crippen molar-refractivity contribution in [3.63, 3.8) is 0 Å². The van der Waals surface area contributed by atoms with Crippen LogP contribution in [0.1, 0.15) is 19.4 Å². The first-order chi connectivity index (χ1) is 12.3. The lowest BCUT2D eigenvalue weighted by Crippen LogP contribution is -2.34. The highest BCUT2D eigenvalue weighted by molar-refractivity contribution is 6.03. The van der Waals surface area contributed by atoms with Gasteiger partial charge in [0.2, 0.25) is 5.91 Å². The Bertz CT molecular complexity index is 767. The van der Waals surface area contributed by atoms with E-state index in [1.54, 1.807) is 6.07 Å². The van der Waals surface area contributed by atoms with Gasteiger partial charge in [-0.2, -0.15) is 0 Å². The number of carbonyl (C=O) groups excluding carboxylic acids is 3. The van der Waals surface area contributed by atoms with Crippen LogP contribution < -0.4 is 15.1 Å². The van der Waals surface area contributed by atoms with Gasteiger partial charge in [0, 0.05) is 6.04 Å². The number of methoxy groups -OCH3 is 1. The molecule has 3 rings (SSSR count). The first-order valence-corrected chi connectivity index (χ1v) is 8.26. The van der Waals surface area contributed by atoms with Crippen LogP contribution in [0.3, 0.4) is 0 Å². The summed E-state index contributed by atoms with van der Waals surface area (Å²) in [5.41, 5.74) is 1.14. The number of alkyl carbamates (subject to hydrolysis) is 1. The second-order valence-corrected chi connectivity index (χ2v) is 6.46. The van der Waals surface area contributed by atoms with Crippen LogP contribution in [0.4, 0.5) is 25.4 Å². The van der Waals surface area contributed by atoms with Gasteiger partial charge < -0.3 is 19.7 Å². The standard InChI is InChI=1S/C17H20FN3O5/c1-9(2)21-14(22)5-10-4-11(6-13(18)15(10)21)20-8-12(26-17(20)24)7-19-16(23)25-3/h4,6,9,12H,5,7-8H2,1-3H3,(H,19,23)/t12-/m0/s1. The van der Waals surface area contributed by atoms with Gasteiger partial charge >= 0.3 is 12.2 Å². The predicted octanol–water partition coefficient (Wildman–Crippen LogP) is 1.80. The molecular formula is C17H20FN3O5. The fourth-order valence-electron chi connectivity index (χ4n) is 3.23. The minimum absolute atomic E-state index is 0.0853. The number of ether oxygens (including phenoxy) is 2. The molecule has 140 valence electrons. The van der Waals surface area contributed by atoms with Crippen molar-refractivity contribution in [3.05, 3.63) is 23.5 Å². The van der Waals surface area contributed by atoms with Gasteiger partial charge in [-0.15, -0.1) is 0 Å². The number of hydrogen-bond acceptors (Lipinski definition) is 5. The number of halogens is 1. The summed E-state index contributed by atoms with van der Waals surface area (Å²) < 4.78 is 24.3. The zero-order valence-corrected chi connectivity index (χ0v) is 14.7. The molecule has 1 saturated heterocycles. The van der Waals surface area contributed by atoms with Crippen LogP contribution in [0, 0.1) is 5.82 Å². The summed E-state index contributed by atoms with van der Waals surface area (Å²) in [7, 11) is 1.23. The summed E-state index contributed by atoms with van der Waals surface area (Å²) in [5.74, 6) is -0.726. The zero-order chi connectivity index (χ0) is 19.0. The SMILES string of the molecule is COC(=O)NC[C@H]1CN(c2cc(F)c3c(c2)CC(=O)N3C(C)C)C(=O)O1. The Kier molecular flexibility index (Phi) is 4.71. The van der Waals surface area contributed by atoms with Crippen LogP contribution in [0.25, 0.3) is 0 Å². The second kappa shape index (κ2) is 6.81. The first-order valence-electron chi connectivity index (χ1n) is 8.26. The summed E-state index contributed by atoms with van der Waals surface area (Å²) in [6.45, 7) is 3.87.